The molecule has 120 valence electrons. The molecule has 0 aromatic heterocycles. The summed E-state index contributed by atoms with van der Waals surface area (Å²) in [7, 11) is 1.75. The van der Waals surface area contributed by atoms with Crippen LogP contribution < -0.4 is 4.74 Å². The highest BCUT2D eigenvalue weighted by atomic mass is 16.5. The molecule has 1 heteroatoms. The van der Waals surface area contributed by atoms with Gasteiger partial charge >= 0.3 is 0 Å². The Morgan fingerprint density at radius 3 is 1.78 bits per heavy atom. The second kappa shape index (κ2) is 6.03. The Labute approximate surface area is 139 Å². The van der Waals surface area contributed by atoms with Gasteiger partial charge in [-0.25, -0.2) is 0 Å². The molecular weight excluding hydrogens is 280 g/mol. The maximum atomic E-state index is 5.39. The molecule has 0 atom stereocenters. The van der Waals surface area contributed by atoms with Gasteiger partial charge in [-0.2, -0.15) is 0 Å². The monoisotopic (exact) mass is 306 g/mol. The predicted octanol–water partition coefficient (Wildman–Crippen LogP) is 5.58. The second-order valence-corrected chi connectivity index (χ2v) is 7.22. The normalized spacial score (nSPS) is 30.0. The summed E-state index contributed by atoms with van der Waals surface area (Å²) < 4.78 is 5.39. The Bertz CT molecular complexity index is 621. The van der Waals surface area contributed by atoms with Crippen LogP contribution in [0.5, 0.6) is 5.75 Å². The average molecular weight is 306 g/mol. The van der Waals surface area contributed by atoms with Crippen molar-refractivity contribution < 1.29 is 4.74 Å². The number of benzene rings is 2. The van der Waals surface area contributed by atoms with Crippen LogP contribution in [0.25, 0.3) is 0 Å². The summed E-state index contributed by atoms with van der Waals surface area (Å²) in [4.78, 5) is 0. The second-order valence-electron chi connectivity index (χ2n) is 7.22. The smallest absolute Gasteiger partial charge is 0.118 e. The van der Waals surface area contributed by atoms with E-state index in [-0.39, 0.29) is 5.41 Å². The molecule has 2 saturated carbocycles. The third-order valence-electron chi connectivity index (χ3n) is 6.32. The quantitative estimate of drug-likeness (QED) is 0.719. The van der Waals surface area contributed by atoms with Gasteiger partial charge in [-0.05, 0) is 60.8 Å². The highest BCUT2D eigenvalue weighted by molar-refractivity contribution is 5.44. The van der Waals surface area contributed by atoms with E-state index >= 15 is 0 Å². The van der Waals surface area contributed by atoms with Crippen molar-refractivity contribution in [2.24, 2.45) is 11.8 Å². The van der Waals surface area contributed by atoms with Gasteiger partial charge in [-0.1, -0.05) is 55.3 Å². The van der Waals surface area contributed by atoms with E-state index in [1.165, 1.54) is 49.7 Å². The molecule has 0 N–H and O–H groups in total. The molecule has 0 heterocycles. The van der Waals surface area contributed by atoms with Crippen LogP contribution >= 0.6 is 0 Å². The molecule has 0 radical (unpaired) electrons. The van der Waals surface area contributed by atoms with Gasteiger partial charge in [-0.3, -0.25) is 0 Å². The van der Waals surface area contributed by atoms with Crippen LogP contribution in [0.15, 0.2) is 54.6 Å². The lowest BCUT2D eigenvalue weighted by atomic mass is 9.49. The first-order valence-electron chi connectivity index (χ1n) is 9.05. The fourth-order valence-electron chi connectivity index (χ4n) is 5.44. The Morgan fingerprint density at radius 2 is 1.26 bits per heavy atom. The highest BCUT2D eigenvalue weighted by Gasteiger charge is 2.51. The molecule has 2 aliphatic carbocycles. The maximum absolute atomic E-state index is 5.39. The molecule has 0 amide bonds. The highest BCUT2D eigenvalue weighted by Crippen LogP contribution is 2.58. The van der Waals surface area contributed by atoms with E-state index in [2.05, 4.69) is 54.6 Å². The molecule has 2 aromatic rings. The summed E-state index contributed by atoms with van der Waals surface area (Å²) in [6.07, 6.45) is 8.30. The van der Waals surface area contributed by atoms with Gasteiger partial charge in [0.05, 0.1) is 7.11 Å². The van der Waals surface area contributed by atoms with Crippen molar-refractivity contribution in [2.75, 3.05) is 7.11 Å². The first-order valence-corrected chi connectivity index (χ1v) is 9.05. The van der Waals surface area contributed by atoms with Crippen molar-refractivity contribution in [1.82, 2.24) is 0 Å². The molecule has 0 unspecified atom stereocenters. The van der Waals surface area contributed by atoms with Crippen LogP contribution in [0.3, 0.4) is 0 Å². The van der Waals surface area contributed by atoms with Crippen LogP contribution in [0, 0.1) is 11.8 Å². The first-order chi connectivity index (χ1) is 11.4. The van der Waals surface area contributed by atoms with Crippen LogP contribution in [0.1, 0.15) is 49.7 Å². The number of rotatable bonds is 3. The Kier molecular flexibility index (Phi) is 3.88. The van der Waals surface area contributed by atoms with E-state index in [0.717, 1.165) is 17.6 Å². The molecule has 2 bridgehead atoms. The zero-order chi connectivity index (χ0) is 15.7. The van der Waals surface area contributed by atoms with Crippen molar-refractivity contribution in [3.63, 3.8) is 0 Å². The average Bonchev–Trinajstić information content (AvgIpc) is 2.61. The number of methoxy groups -OCH3 is 1. The largest absolute Gasteiger partial charge is 0.497 e. The number of hydrogen-bond donors (Lipinski definition) is 0. The molecule has 2 aromatic carbocycles. The molecule has 0 spiro atoms. The molecule has 2 fully saturated rings. The van der Waals surface area contributed by atoms with Crippen molar-refractivity contribution in [2.45, 2.75) is 43.9 Å². The number of hydrogen-bond acceptors (Lipinski definition) is 1. The summed E-state index contributed by atoms with van der Waals surface area (Å²) in [5.74, 6) is 2.52. The lowest BCUT2D eigenvalue weighted by Gasteiger charge is -2.54. The van der Waals surface area contributed by atoms with Gasteiger partial charge in [0.15, 0.2) is 0 Å². The van der Waals surface area contributed by atoms with Gasteiger partial charge in [-0.15, -0.1) is 0 Å². The SMILES string of the molecule is COc1ccc(C2(c3ccccc3)C3CCCC2CCC3)cc1. The summed E-state index contributed by atoms with van der Waals surface area (Å²) in [6, 6.07) is 20.2. The lowest BCUT2D eigenvalue weighted by Crippen LogP contribution is -2.48. The molecule has 0 saturated heterocycles. The molecule has 2 aliphatic rings. The predicted molar refractivity (Wildman–Crippen MR) is 94.9 cm³/mol. The Hall–Kier alpha value is -1.76. The minimum Gasteiger partial charge on any atom is -0.497 e. The molecular formula is C22H26O. The third-order valence-corrected chi connectivity index (χ3v) is 6.32. The minimum atomic E-state index is 0.212. The van der Waals surface area contributed by atoms with Crippen molar-refractivity contribution in [3.8, 4) is 5.75 Å². The summed E-state index contributed by atoms with van der Waals surface area (Å²) in [5, 5.41) is 0. The lowest BCUT2D eigenvalue weighted by molar-refractivity contribution is 0.0837. The van der Waals surface area contributed by atoms with E-state index in [4.69, 9.17) is 4.74 Å². The fourth-order valence-corrected chi connectivity index (χ4v) is 5.44. The van der Waals surface area contributed by atoms with Gasteiger partial charge in [0, 0.05) is 5.41 Å². The molecule has 23 heavy (non-hydrogen) atoms. The maximum Gasteiger partial charge on any atom is 0.118 e. The van der Waals surface area contributed by atoms with E-state index in [0.29, 0.717) is 0 Å². The van der Waals surface area contributed by atoms with Crippen LogP contribution in [-0.2, 0) is 5.41 Å². The third kappa shape index (κ3) is 2.29. The topological polar surface area (TPSA) is 9.23 Å². The summed E-state index contributed by atoms with van der Waals surface area (Å²) in [5.41, 5.74) is 3.24. The van der Waals surface area contributed by atoms with E-state index in [9.17, 15) is 0 Å². The summed E-state index contributed by atoms with van der Waals surface area (Å²) >= 11 is 0. The van der Waals surface area contributed by atoms with E-state index in [1.54, 1.807) is 7.11 Å². The van der Waals surface area contributed by atoms with Gasteiger partial charge < -0.3 is 4.74 Å². The van der Waals surface area contributed by atoms with Crippen LogP contribution in [0.2, 0.25) is 0 Å². The zero-order valence-corrected chi connectivity index (χ0v) is 14.0. The van der Waals surface area contributed by atoms with Crippen molar-refractivity contribution >= 4 is 0 Å². The number of ether oxygens (including phenoxy) is 1. The minimum absolute atomic E-state index is 0.212. The number of fused-ring (bicyclic) bond motifs is 2. The van der Waals surface area contributed by atoms with E-state index < -0.39 is 0 Å². The molecule has 0 aliphatic heterocycles. The Morgan fingerprint density at radius 1 is 0.739 bits per heavy atom. The van der Waals surface area contributed by atoms with Crippen LogP contribution in [0.4, 0.5) is 0 Å². The standard InChI is InChI=1S/C22H26O/c1-23-21-15-13-20(14-16-21)22(17-7-3-2-4-8-17)18-9-5-10-19(22)12-6-11-18/h2-4,7-8,13-16,18-19H,5-6,9-12H2,1H3. The fraction of sp³-hybridized carbons (Fsp3) is 0.455. The van der Waals surface area contributed by atoms with Crippen molar-refractivity contribution in [1.29, 1.82) is 0 Å². The van der Waals surface area contributed by atoms with Gasteiger partial charge in [0.25, 0.3) is 0 Å². The summed E-state index contributed by atoms with van der Waals surface area (Å²) in [6.45, 7) is 0. The Balaban J connectivity index is 1.90. The van der Waals surface area contributed by atoms with Gasteiger partial charge in [0.1, 0.15) is 5.75 Å². The zero-order valence-electron chi connectivity index (χ0n) is 14.0. The molecule has 4 rings (SSSR count). The first kappa shape index (κ1) is 14.8. The van der Waals surface area contributed by atoms with E-state index in [1.807, 2.05) is 0 Å². The molecule has 1 nitrogen and oxygen atoms in total. The van der Waals surface area contributed by atoms with Crippen LogP contribution in [-0.4, -0.2) is 7.11 Å². The van der Waals surface area contributed by atoms with Crippen molar-refractivity contribution in [3.05, 3.63) is 65.7 Å². The van der Waals surface area contributed by atoms with Gasteiger partial charge in [0.2, 0.25) is 0 Å².